The van der Waals surface area contributed by atoms with Gasteiger partial charge in [0.2, 0.25) is 0 Å². The number of aliphatic hydroxyl groups excluding tert-OH is 1. The lowest BCUT2D eigenvalue weighted by Crippen LogP contribution is -2.41. The summed E-state index contributed by atoms with van der Waals surface area (Å²) in [5.74, 6) is -3.36. The Morgan fingerprint density at radius 2 is 2.09 bits per heavy atom. The molecule has 6 N–H and O–H groups in total. The number of hydrogen-bond donors (Lipinski definition) is 5. The van der Waals surface area contributed by atoms with Crippen LogP contribution in [0.1, 0.15) is 6.92 Å². The SMILES string of the molecule is C[C@@H](O)[C@@H](C(=O)O)[C@@H]1NC(C(=O)O)=C(SCCOC(N)=O)S1. The minimum absolute atomic E-state index is 0.000385. The lowest BCUT2D eigenvalue weighted by molar-refractivity contribution is -0.145. The highest BCUT2D eigenvalue weighted by atomic mass is 32.2. The summed E-state index contributed by atoms with van der Waals surface area (Å²) < 4.78 is 4.89. The van der Waals surface area contributed by atoms with Gasteiger partial charge in [-0.05, 0) is 6.92 Å². The van der Waals surface area contributed by atoms with Gasteiger partial charge in [-0.15, -0.1) is 11.8 Å². The zero-order valence-electron chi connectivity index (χ0n) is 11.5. The van der Waals surface area contributed by atoms with Crippen molar-refractivity contribution in [3.63, 3.8) is 0 Å². The van der Waals surface area contributed by atoms with Crippen molar-refractivity contribution in [2.24, 2.45) is 11.7 Å². The quantitative estimate of drug-likeness (QED) is 0.371. The summed E-state index contributed by atoms with van der Waals surface area (Å²) in [6.07, 6.45) is -2.08. The normalized spacial score (nSPS) is 20.2. The molecular weight excluding hydrogens is 336 g/mol. The molecule has 9 nitrogen and oxygen atoms in total. The summed E-state index contributed by atoms with van der Waals surface area (Å²) in [5, 5.41) is 29.6. The number of hydrogen-bond acceptors (Lipinski definition) is 8. The van der Waals surface area contributed by atoms with Crippen molar-refractivity contribution < 1.29 is 34.4 Å². The van der Waals surface area contributed by atoms with E-state index in [1.165, 1.54) is 6.92 Å². The Kier molecular flexibility index (Phi) is 6.84. The number of carboxylic acid groups (broad SMARTS) is 2. The molecule has 0 aromatic heterocycles. The van der Waals surface area contributed by atoms with E-state index in [-0.39, 0.29) is 18.1 Å². The van der Waals surface area contributed by atoms with E-state index in [0.717, 1.165) is 23.5 Å². The molecule has 124 valence electrons. The van der Waals surface area contributed by atoms with Gasteiger partial charge in [-0.3, -0.25) is 4.79 Å². The maximum atomic E-state index is 11.2. The van der Waals surface area contributed by atoms with E-state index in [9.17, 15) is 19.5 Å². The van der Waals surface area contributed by atoms with Gasteiger partial charge >= 0.3 is 18.0 Å². The Balaban J connectivity index is 2.72. The summed E-state index contributed by atoms with van der Waals surface area (Å²) in [4.78, 5) is 32.8. The van der Waals surface area contributed by atoms with E-state index in [1.54, 1.807) is 0 Å². The van der Waals surface area contributed by atoms with E-state index < -0.39 is 35.4 Å². The number of rotatable bonds is 8. The molecule has 1 heterocycles. The third kappa shape index (κ3) is 5.00. The highest BCUT2D eigenvalue weighted by Crippen LogP contribution is 2.42. The average Bonchev–Trinajstić information content (AvgIpc) is 2.77. The third-order valence-electron chi connectivity index (χ3n) is 2.63. The number of carboxylic acids is 2. The molecule has 0 saturated heterocycles. The van der Waals surface area contributed by atoms with Crippen molar-refractivity contribution >= 4 is 41.6 Å². The molecule has 11 heteroatoms. The van der Waals surface area contributed by atoms with E-state index in [1.807, 2.05) is 0 Å². The van der Waals surface area contributed by atoms with Crippen LogP contribution < -0.4 is 11.1 Å². The Morgan fingerprint density at radius 3 is 2.55 bits per heavy atom. The number of nitrogens with one attached hydrogen (secondary N) is 1. The van der Waals surface area contributed by atoms with Crippen LogP contribution in [0.2, 0.25) is 0 Å². The molecule has 1 amide bonds. The molecule has 1 rings (SSSR count). The largest absolute Gasteiger partial charge is 0.481 e. The molecular formula is C11H16N2O7S2. The number of carbonyl (C=O) groups excluding carboxylic acids is 1. The van der Waals surface area contributed by atoms with E-state index >= 15 is 0 Å². The average molecular weight is 352 g/mol. The summed E-state index contributed by atoms with van der Waals surface area (Å²) in [7, 11) is 0. The number of amides is 1. The van der Waals surface area contributed by atoms with Crippen LogP contribution in [-0.4, -0.2) is 57.2 Å². The molecule has 0 aliphatic carbocycles. The van der Waals surface area contributed by atoms with Gasteiger partial charge in [0.05, 0.1) is 15.7 Å². The molecule has 0 fully saturated rings. The van der Waals surface area contributed by atoms with Gasteiger partial charge in [0.25, 0.3) is 0 Å². The first-order chi connectivity index (χ1) is 10.2. The summed E-state index contributed by atoms with van der Waals surface area (Å²) in [5.41, 5.74) is 4.67. The van der Waals surface area contributed by atoms with Crippen LogP contribution in [0, 0.1) is 5.92 Å². The Morgan fingerprint density at radius 1 is 1.45 bits per heavy atom. The van der Waals surface area contributed by atoms with Crippen LogP contribution in [0.5, 0.6) is 0 Å². The predicted molar refractivity (Wildman–Crippen MR) is 80.0 cm³/mol. The van der Waals surface area contributed by atoms with Crippen molar-refractivity contribution in [1.29, 1.82) is 0 Å². The Bertz CT molecular complexity index is 495. The van der Waals surface area contributed by atoms with Gasteiger partial charge in [-0.25, -0.2) is 9.59 Å². The second kappa shape index (κ2) is 8.15. The Labute approximate surface area is 134 Å². The van der Waals surface area contributed by atoms with Crippen LogP contribution in [-0.2, 0) is 14.3 Å². The van der Waals surface area contributed by atoms with Gasteiger partial charge in [0.15, 0.2) is 0 Å². The van der Waals surface area contributed by atoms with E-state index in [0.29, 0.717) is 4.24 Å². The summed E-state index contributed by atoms with van der Waals surface area (Å²) >= 11 is 2.11. The molecule has 0 saturated carbocycles. The first-order valence-electron chi connectivity index (χ1n) is 6.10. The van der Waals surface area contributed by atoms with E-state index in [4.69, 9.17) is 15.9 Å². The lowest BCUT2D eigenvalue weighted by atomic mass is 10.0. The van der Waals surface area contributed by atoms with Gasteiger partial charge in [0.1, 0.15) is 18.2 Å². The number of ether oxygens (including phenoxy) is 1. The maximum absolute atomic E-state index is 11.2. The molecule has 22 heavy (non-hydrogen) atoms. The second-order valence-electron chi connectivity index (χ2n) is 4.27. The first kappa shape index (κ1) is 18.5. The highest BCUT2D eigenvalue weighted by molar-refractivity contribution is 8.22. The molecule has 0 aromatic carbocycles. The second-order valence-corrected chi connectivity index (χ2v) is 6.79. The predicted octanol–water partition coefficient (Wildman–Crippen LogP) is -0.187. The Hall–Kier alpha value is -1.59. The molecule has 3 atom stereocenters. The smallest absolute Gasteiger partial charge is 0.404 e. The standard InChI is InChI=1S/C11H16N2O7S2/c1-4(14)5(8(15)16)7-13-6(9(17)18)10(22-7)21-3-2-20-11(12)19/h4-5,7,13-14H,2-3H2,1H3,(H2,12,19)(H,15,16)(H,17,18)/t4-,5-,7-/m1/s1. The zero-order chi connectivity index (χ0) is 16.9. The minimum Gasteiger partial charge on any atom is -0.481 e. The molecule has 1 aliphatic rings. The number of thioether (sulfide) groups is 2. The highest BCUT2D eigenvalue weighted by Gasteiger charge is 2.39. The van der Waals surface area contributed by atoms with Crippen molar-refractivity contribution in [2.75, 3.05) is 12.4 Å². The number of aliphatic carboxylic acids is 2. The fraction of sp³-hybridized carbons (Fsp3) is 0.545. The van der Waals surface area contributed by atoms with Crippen LogP contribution in [0.15, 0.2) is 9.93 Å². The lowest BCUT2D eigenvalue weighted by Gasteiger charge is -2.22. The van der Waals surface area contributed by atoms with Crippen LogP contribution >= 0.6 is 23.5 Å². The van der Waals surface area contributed by atoms with Crippen molar-refractivity contribution in [3.8, 4) is 0 Å². The van der Waals surface area contributed by atoms with Crippen molar-refractivity contribution in [2.45, 2.75) is 18.4 Å². The monoisotopic (exact) mass is 352 g/mol. The molecule has 0 bridgehead atoms. The molecule has 1 aliphatic heterocycles. The van der Waals surface area contributed by atoms with Gasteiger partial charge in [-0.1, -0.05) is 11.8 Å². The van der Waals surface area contributed by atoms with E-state index in [2.05, 4.69) is 10.1 Å². The van der Waals surface area contributed by atoms with Crippen molar-refractivity contribution in [3.05, 3.63) is 9.93 Å². The van der Waals surface area contributed by atoms with Gasteiger partial charge in [-0.2, -0.15) is 0 Å². The molecule has 0 aromatic rings. The van der Waals surface area contributed by atoms with Crippen LogP contribution in [0.4, 0.5) is 4.79 Å². The first-order valence-corrected chi connectivity index (χ1v) is 7.97. The maximum Gasteiger partial charge on any atom is 0.404 e. The third-order valence-corrected chi connectivity index (χ3v) is 5.19. The van der Waals surface area contributed by atoms with Crippen molar-refractivity contribution in [1.82, 2.24) is 5.32 Å². The number of primary amides is 1. The summed E-state index contributed by atoms with van der Waals surface area (Å²) in [6, 6.07) is 0. The zero-order valence-corrected chi connectivity index (χ0v) is 13.1. The number of aliphatic hydroxyl groups is 1. The van der Waals surface area contributed by atoms with Gasteiger partial charge < -0.3 is 31.1 Å². The summed E-state index contributed by atoms with van der Waals surface area (Å²) in [6.45, 7) is 1.33. The fourth-order valence-electron chi connectivity index (χ4n) is 1.69. The molecule has 0 unspecified atom stereocenters. The number of carbonyl (C=O) groups is 3. The van der Waals surface area contributed by atoms with Crippen LogP contribution in [0.25, 0.3) is 0 Å². The molecule has 0 spiro atoms. The minimum atomic E-state index is -1.23. The number of nitrogens with two attached hydrogens (primary N) is 1. The van der Waals surface area contributed by atoms with Gasteiger partial charge in [0, 0.05) is 5.75 Å². The van der Waals surface area contributed by atoms with Crippen LogP contribution in [0.3, 0.4) is 0 Å². The fourth-order valence-corrected chi connectivity index (χ4v) is 4.33. The topological polar surface area (TPSA) is 159 Å². The molecule has 0 radical (unpaired) electrons.